The zero-order chi connectivity index (χ0) is 7.49. The van der Waals surface area contributed by atoms with E-state index in [1.807, 2.05) is 0 Å². The van der Waals surface area contributed by atoms with Crippen LogP contribution < -0.4 is 5.73 Å². The molecule has 0 saturated heterocycles. The molecule has 1 atom stereocenters. The van der Waals surface area contributed by atoms with Crippen LogP contribution in [0.1, 0.15) is 13.3 Å². The fourth-order valence-corrected chi connectivity index (χ4v) is 0.376. The summed E-state index contributed by atoms with van der Waals surface area (Å²) in [6, 6.07) is 0. The molecule has 0 saturated carbocycles. The fraction of sp³-hybridized carbons (Fsp3) is 1.00. The minimum Gasteiger partial charge on any atom is -0.394 e. The Kier molecular flexibility index (Phi) is 3.07. The predicted octanol–water partition coefficient (Wildman–Crippen LogP) is -1.60. The highest BCUT2D eigenvalue weighted by Gasteiger charge is 2.29. The molecule has 0 aliphatic rings. The van der Waals surface area contributed by atoms with E-state index in [0.717, 1.165) is 0 Å². The molecular weight excluding hydrogens is 122 g/mol. The van der Waals surface area contributed by atoms with Crippen molar-refractivity contribution in [3.8, 4) is 0 Å². The number of hydrogen-bond acceptors (Lipinski definition) is 4. The summed E-state index contributed by atoms with van der Waals surface area (Å²) in [5, 5.41) is 25.6. The zero-order valence-electron chi connectivity index (χ0n) is 5.41. The maximum absolute atomic E-state index is 8.54. The molecule has 1 unspecified atom stereocenters. The quantitative estimate of drug-likeness (QED) is 0.351. The van der Waals surface area contributed by atoms with Crippen LogP contribution in [0, 0.1) is 0 Å². The maximum atomic E-state index is 8.54. The first kappa shape index (κ1) is 8.84. The first-order valence-electron chi connectivity index (χ1n) is 2.82. The topological polar surface area (TPSA) is 86.7 Å². The Morgan fingerprint density at radius 2 is 2.00 bits per heavy atom. The third-order valence-electron chi connectivity index (χ3n) is 1.47. The van der Waals surface area contributed by atoms with E-state index in [2.05, 4.69) is 0 Å². The van der Waals surface area contributed by atoms with Gasteiger partial charge in [-0.15, -0.1) is 0 Å². The maximum Gasteiger partial charge on any atom is 0.172 e. The van der Waals surface area contributed by atoms with Gasteiger partial charge in [0.15, 0.2) is 6.29 Å². The molecule has 56 valence electrons. The lowest BCUT2D eigenvalue weighted by molar-refractivity contribution is -0.111. The van der Waals surface area contributed by atoms with E-state index < -0.39 is 18.4 Å². The molecule has 9 heavy (non-hydrogen) atoms. The highest BCUT2D eigenvalue weighted by Crippen LogP contribution is 2.07. The van der Waals surface area contributed by atoms with Crippen molar-refractivity contribution >= 4 is 0 Å². The van der Waals surface area contributed by atoms with Crippen LogP contribution in [0.25, 0.3) is 0 Å². The van der Waals surface area contributed by atoms with E-state index in [9.17, 15) is 0 Å². The van der Waals surface area contributed by atoms with Gasteiger partial charge in [0, 0.05) is 0 Å². The molecule has 0 rings (SSSR count). The highest BCUT2D eigenvalue weighted by atomic mass is 16.5. The van der Waals surface area contributed by atoms with E-state index in [1.165, 1.54) is 0 Å². The third-order valence-corrected chi connectivity index (χ3v) is 1.47. The average Bonchev–Trinajstić information content (AvgIpc) is 1.86. The molecule has 0 radical (unpaired) electrons. The monoisotopic (exact) mass is 135 g/mol. The number of aliphatic hydroxyl groups excluding tert-OH is 2. The molecule has 0 aliphatic heterocycles. The lowest BCUT2D eigenvalue weighted by Crippen LogP contribution is -2.53. The molecule has 0 aromatic rings. The SMILES string of the molecule is CCC(N)(CO)C(O)O. The Balaban J connectivity index is 3.92. The predicted molar refractivity (Wildman–Crippen MR) is 32.5 cm³/mol. The van der Waals surface area contributed by atoms with Crippen LogP contribution in [-0.4, -0.2) is 33.8 Å². The van der Waals surface area contributed by atoms with Gasteiger partial charge in [-0.05, 0) is 6.42 Å². The van der Waals surface area contributed by atoms with Crippen LogP contribution in [0.3, 0.4) is 0 Å². The van der Waals surface area contributed by atoms with Gasteiger partial charge in [0.1, 0.15) is 0 Å². The summed E-state index contributed by atoms with van der Waals surface area (Å²) in [4.78, 5) is 0. The minimum absolute atomic E-state index is 0.334. The number of nitrogens with two attached hydrogens (primary N) is 1. The second-order valence-electron chi connectivity index (χ2n) is 2.12. The lowest BCUT2D eigenvalue weighted by atomic mass is 9.98. The van der Waals surface area contributed by atoms with Gasteiger partial charge in [-0.2, -0.15) is 0 Å². The number of hydrogen-bond donors (Lipinski definition) is 4. The van der Waals surface area contributed by atoms with Crippen LogP contribution in [-0.2, 0) is 0 Å². The molecule has 4 nitrogen and oxygen atoms in total. The summed E-state index contributed by atoms with van der Waals surface area (Å²) in [5.41, 5.74) is 4.04. The molecule has 0 amide bonds. The van der Waals surface area contributed by atoms with Crippen LogP contribution in [0.4, 0.5) is 0 Å². The summed E-state index contributed by atoms with van der Waals surface area (Å²) in [5.74, 6) is 0. The van der Waals surface area contributed by atoms with Crippen molar-refractivity contribution in [2.45, 2.75) is 25.2 Å². The van der Waals surface area contributed by atoms with Crippen LogP contribution in [0.2, 0.25) is 0 Å². The standard InChI is InChI=1S/C5H13NO3/c1-2-5(6,3-7)4(8)9/h4,7-9H,2-3,6H2,1H3. The van der Waals surface area contributed by atoms with Crippen molar-refractivity contribution in [2.24, 2.45) is 5.73 Å². The van der Waals surface area contributed by atoms with Gasteiger partial charge in [-0.25, -0.2) is 0 Å². The van der Waals surface area contributed by atoms with E-state index >= 15 is 0 Å². The van der Waals surface area contributed by atoms with Gasteiger partial charge in [-0.1, -0.05) is 6.92 Å². The molecule has 4 heteroatoms. The van der Waals surface area contributed by atoms with Gasteiger partial charge >= 0.3 is 0 Å². The van der Waals surface area contributed by atoms with Crippen molar-refractivity contribution in [1.82, 2.24) is 0 Å². The van der Waals surface area contributed by atoms with Gasteiger partial charge in [0.05, 0.1) is 12.1 Å². The summed E-state index contributed by atoms with van der Waals surface area (Å²) in [7, 11) is 0. The Labute approximate surface area is 53.9 Å². The van der Waals surface area contributed by atoms with Gasteiger partial charge in [0.25, 0.3) is 0 Å². The Bertz CT molecular complexity index is 80.3. The van der Waals surface area contributed by atoms with Crippen LogP contribution in [0.5, 0.6) is 0 Å². The van der Waals surface area contributed by atoms with E-state index in [0.29, 0.717) is 6.42 Å². The highest BCUT2D eigenvalue weighted by molar-refractivity contribution is 4.83. The number of aliphatic hydroxyl groups is 3. The second kappa shape index (κ2) is 3.12. The smallest absolute Gasteiger partial charge is 0.172 e. The third kappa shape index (κ3) is 1.91. The molecule has 0 spiro atoms. The van der Waals surface area contributed by atoms with Crippen molar-refractivity contribution in [3.05, 3.63) is 0 Å². The molecule has 0 fully saturated rings. The van der Waals surface area contributed by atoms with Crippen molar-refractivity contribution in [2.75, 3.05) is 6.61 Å². The summed E-state index contributed by atoms with van der Waals surface area (Å²) in [6.45, 7) is 1.26. The summed E-state index contributed by atoms with van der Waals surface area (Å²) >= 11 is 0. The van der Waals surface area contributed by atoms with Crippen molar-refractivity contribution < 1.29 is 15.3 Å². The van der Waals surface area contributed by atoms with E-state index in [-0.39, 0.29) is 0 Å². The fourth-order valence-electron chi connectivity index (χ4n) is 0.376. The first-order chi connectivity index (χ1) is 4.06. The normalized spacial score (nSPS) is 18.0. The largest absolute Gasteiger partial charge is 0.394 e. The first-order valence-corrected chi connectivity index (χ1v) is 2.82. The zero-order valence-corrected chi connectivity index (χ0v) is 5.41. The van der Waals surface area contributed by atoms with Crippen molar-refractivity contribution in [3.63, 3.8) is 0 Å². The van der Waals surface area contributed by atoms with Crippen LogP contribution in [0.15, 0.2) is 0 Å². The Hall–Kier alpha value is -0.160. The second-order valence-corrected chi connectivity index (χ2v) is 2.12. The van der Waals surface area contributed by atoms with E-state index in [1.54, 1.807) is 6.92 Å². The summed E-state index contributed by atoms with van der Waals surface area (Å²) < 4.78 is 0. The molecule has 5 N–H and O–H groups in total. The Morgan fingerprint density at radius 1 is 1.56 bits per heavy atom. The number of rotatable bonds is 3. The van der Waals surface area contributed by atoms with Gasteiger partial charge < -0.3 is 21.1 Å². The summed E-state index contributed by atoms with van der Waals surface area (Å²) in [6.07, 6.45) is -1.31. The molecular formula is C5H13NO3. The molecule has 0 aromatic heterocycles. The van der Waals surface area contributed by atoms with Gasteiger partial charge in [0.2, 0.25) is 0 Å². The van der Waals surface area contributed by atoms with Crippen molar-refractivity contribution in [1.29, 1.82) is 0 Å². The molecule has 0 bridgehead atoms. The van der Waals surface area contributed by atoms with Gasteiger partial charge in [-0.3, -0.25) is 0 Å². The molecule has 0 aliphatic carbocycles. The lowest BCUT2D eigenvalue weighted by Gasteiger charge is -2.26. The minimum atomic E-state index is -1.65. The molecule has 0 heterocycles. The Morgan fingerprint density at radius 3 is 2.00 bits per heavy atom. The average molecular weight is 135 g/mol. The van der Waals surface area contributed by atoms with Crippen LogP contribution >= 0.6 is 0 Å². The molecule has 0 aromatic carbocycles. The van der Waals surface area contributed by atoms with E-state index in [4.69, 9.17) is 21.1 Å².